The lowest BCUT2D eigenvalue weighted by atomic mass is 10.2. The van der Waals surface area contributed by atoms with E-state index >= 15 is 0 Å². The SMILES string of the molecule is Clc1ccc(CSc2ccc3nc(-c4ccccn4)[nH]c3c2)c(Cl)c1. The number of rotatable bonds is 4. The smallest absolute Gasteiger partial charge is 0.157 e. The van der Waals surface area contributed by atoms with Crippen LogP contribution in [0.4, 0.5) is 0 Å². The van der Waals surface area contributed by atoms with Crippen molar-refractivity contribution in [2.75, 3.05) is 0 Å². The summed E-state index contributed by atoms with van der Waals surface area (Å²) in [6.45, 7) is 0. The number of pyridine rings is 1. The molecule has 0 unspecified atom stereocenters. The summed E-state index contributed by atoms with van der Waals surface area (Å²) in [6.07, 6.45) is 1.76. The van der Waals surface area contributed by atoms with Crippen LogP contribution in [0.1, 0.15) is 5.56 Å². The Kier molecular flexibility index (Phi) is 4.66. The van der Waals surface area contributed by atoms with Gasteiger partial charge in [-0.2, -0.15) is 0 Å². The van der Waals surface area contributed by atoms with E-state index < -0.39 is 0 Å². The van der Waals surface area contributed by atoms with Gasteiger partial charge >= 0.3 is 0 Å². The Hall–Kier alpha value is -2.01. The van der Waals surface area contributed by atoms with E-state index in [0.717, 1.165) is 38.8 Å². The van der Waals surface area contributed by atoms with Crippen molar-refractivity contribution in [1.29, 1.82) is 0 Å². The van der Waals surface area contributed by atoms with Crippen molar-refractivity contribution in [3.63, 3.8) is 0 Å². The average molecular weight is 386 g/mol. The predicted molar refractivity (Wildman–Crippen MR) is 105 cm³/mol. The molecular weight excluding hydrogens is 373 g/mol. The average Bonchev–Trinajstić information content (AvgIpc) is 3.05. The summed E-state index contributed by atoms with van der Waals surface area (Å²) in [5.74, 6) is 1.56. The van der Waals surface area contributed by atoms with E-state index in [4.69, 9.17) is 23.2 Å². The van der Waals surface area contributed by atoms with Crippen LogP contribution < -0.4 is 0 Å². The lowest BCUT2D eigenvalue weighted by molar-refractivity contribution is 1.24. The van der Waals surface area contributed by atoms with Crippen LogP contribution in [0.5, 0.6) is 0 Å². The third-order valence-electron chi connectivity index (χ3n) is 3.77. The minimum absolute atomic E-state index is 0.652. The van der Waals surface area contributed by atoms with Crippen molar-refractivity contribution >= 4 is 46.0 Å². The third-order valence-corrected chi connectivity index (χ3v) is 5.40. The highest BCUT2D eigenvalue weighted by Crippen LogP contribution is 2.30. The van der Waals surface area contributed by atoms with E-state index in [1.807, 2.05) is 36.4 Å². The van der Waals surface area contributed by atoms with Crippen LogP contribution in [-0.4, -0.2) is 15.0 Å². The lowest BCUT2D eigenvalue weighted by Gasteiger charge is -2.05. The maximum Gasteiger partial charge on any atom is 0.157 e. The Morgan fingerprint density at radius 1 is 1.00 bits per heavy atom. The van der Waals surface area contributed by atoms with Crippen molar-refractivity contribution in [2.45, 2.75) is 10.6 Å². The van der Waals surface area contributed by atoms with Crippen molar-refractivity contribution in [2.24, 2.45) is 0 Å². The fourth-order valence-corrected chi connectivity index (χ4v) is 4.00. The molecule has 0 aliphatic carbocycles. The Morgan fingerprint density at radius 3 is 2.72 bits per heavy atom. The molecule has 0 bridgehead atoms. The largest absolute Gasteiger partial charge is 0.337 e. The van der Waals surface area contributed by atoms with E-state index in [0.29, 0.717) is 10.0 Å². The Morgan fingerprint density at radius 2 is 1.92 bits per heavy atom. The Bertz CT molecular complexity index is 1030. The number of thioether (sulfide) groups is 1. The van der Waals surface area contributed by atoms with Gasteiger partial charge in [-0.25, -0.2) is 4.98 Å². The molecule has 1 N–H and O–H groups in total. The molecular formula is C19H13Cl2N3S. The number of nitrogens with zero attached hydrogens (tertiary/aromatic N) is 2. The monoisotopic (exact) mass is 385 g/mol. The molecule has 4 aromatic rings. The van der Waals surface area contributed by atoms with Crippen LogP contribution in [0.15, 0.2) is 65.7 Å². The second-order valence-corrected chi connectivity index (χ2v) is 7.40. The first-order chi connectivity index (χ1) is 12.2. The van der Waals surface area contributed by atoms with Gasteiger partial charge in [0.25, 0.3) is 0 Å². The minimum atomic E-state index is 0.652. The van der Waals surface area contributed by atoms with E-state index in [9.17, 15) is 0 Å². The van der Waals surface area contributed by atoms with Crippen molar-refractivity contribution in [3.8, 4) is 11.5 Å². The van der Waals surface area contributed by atoms with Crippen LogP contribution in [0, 0.1) is 0 Å². The molecule has 124 valence electrons. The van der Waals surface area contributed by atoms with E-state index in [1.165, 1.54) is 0 Å². The number of hydrogen-bond donors (Lipinski definition) is 1. The van der Waals surface area contributed by atoms with Gasteiger partial charge in [-0.05, 0) is 48.0 Å². The molecule has 2 aromatic heterocycles. The van der Waals surface area contributed by atoms with Crippen LogP contribution in [-0.2, 0) is 5.75 Å². The molecule has 6 heteroatoms. The number of hydrogen-bond acceptors (Lipinski definition) is 3. The van der Waals surface area contributed by atoms with Gasteiger partial charge in [-0.3, -0.25) is 4.98 Å². The summed E-state index contributed by atoms with van der Waals surface area (Å²) in [4.78, 5) is 13.4. The maximum atomic E-state index is 6.24. The molecule has 0 aliphatic heterocycles. The number of aromatic nitrogens is 3. The highest BCUT2D eigenvalue weighted by Gasteiger charge is 2.08. The highest BCUT2D eigenvalue weighted by atomic mass is 35.5. The quantitative estimate of drug-likeness (QED) is 0.423. The molecule has 0 saturated carbocycles. The summed E-state index contributed by atoms with van der Waals surface area (Å²) in [5.41, 5.74) is 3.82. The van der Waals surface area contributed by atoms with E-state index in [1.54, 1.807) is 24.0 Å². The molecule has 25 heavy (non-hydrogen) atoms. The fraction of sp³-hybridized carbons (Fsp3) is 0.0526. The van der Waals surface area contributed by atoms with Crippen LogP contribution in [0.2, 0.25) is 10.0 Å². The lowest BCUT2D eigenvalue weighted by Crippen LogP contribution is -1.83. The molecule has 4 rings (SSSR count). The first-order valence-electron chi connectivity index (χ1n) is 7.67. The Labute approximate surface area is 159 Å². The summed E-state index contributed by atoms with van der Waals surface area (Å²) < 4.78 is 0. The summed E-state index contributed by atoms with van der Waals surface area (Å²) in [6, 6.07) is 17.6. The first-order valence-corrected chi connectivity index (χ1v) is 9.41. The minimum Gasteiger partial charge on any atom is -0.337 e. The van der Waals surface area contributed by atoms with Crippen molar-refractivity contribution in [3.05, 3.63) is 76.4 Å². The first kappa shape index (κ1) is 16.5. The predicted octanol–water partition coefficient (Wildman–Crippen LogP) is 6.22. The molecule has 0 aliphatic rings. The van der Waals surface area contributed by atoms with Crippen molar-refractivity contribution in [1.82, 2.24) is 15.0 Å². The van der Waals surface area contributed by atoms with Crippen LogP contribution in [0.3, 0.4) is 0 Å². The van der Waals surface area contributed by atoms with Gasteiger partial charge in [-0.1, -0.05) is 35.3 Å². The molecule has 0 saturated heterocycles. The van der Waals surface area contributed by atoms with Crippen LogP contribution in [0.25, 0.3) is 22.6 Å². The Balaban J connectivity index is 1.57. The fourth-order valence-electron chi connectivity index (χ4n) is 2.50. The number of imidazole rings is 1. The maximum absolute atomic E-state index is 6.24. The molecule has 0 fully saturated rings. The topological polar surface area (TPSA) is 41.6 Å². The number of aromatic amines is 1. The molecule has 0 atom stereocenters. The van der Waals surface area contributed by atoms with Crippen molar-refractivity contribution < 1.29 is 0 Å². The van der Waals surface area contributed by atoms with E-state index in [-0.39, 0.29) is 0 Å². The zero-order valence-electron chi connectivity index (χ0n) is 13.0. The molecule has 0 spiro atoms. The third kappa shape index (κ3) is 3.66. The number of nitrogens with one attached hydrogen (secondary N) is 1. The number of fused-ring (bicyclic) bond motifs is 1. The second-order valence-electron chi connectivity index (χ2n) is 5.50. The van der Waals surface area contributed by atoms with Gasteiger partial charge in [0.15, 0.2) is 5.82 Å². The van der Waals surface area contributed by atoms with Gasteiger partial charge in [0.1, 0.15) is 5.69 Å². The molecule has 0 radical (unpaired) electrons. The number of benzene rings is 2. The summed E-state index contributed by atoms with van der Waals surface area (Å²) in [7, 11) is 0. The number of H-pyrrole nitrogens is 1. The highest BCUT2D eigenvalue weighted by molar-refractivity contribution is 7.98. The van der Waals surface area contributed by atoms with E-state index in [2.05, 4.69) is 27.1 Å². The van der Waals surface area contributed by atoms with Gasteiger partial charge in [0.2, 0.25) is 0 Å². The zero-order chi connectivity index (χ0) is 17.2. The number of halogens is 2. The van der Waals surface area contributed by atoms with Gasteiger partial charge in [0, 0.05) is 26.9 Å². The summed E-state index contributed by atoms with van der Waals surface area (Å²) >= 11 is 13.9. The van der Waals surface area contributed by atoms with Crippen LogP contribution >= 0.6 is 35.0 Å². The second kappa shape index (κ2) is 7.08. The summed E-state index contributed by atoms with van der Waals surface area (Å²) in [5, 5.41) is 1.35. The van der Waals surface area contributed by atoms with Gasteiger partial charge in [0.05, 0.1) is 11.0 Å². The molecule has 3 nitrogen and oxygen atoms in total. The normalized spacial score (nSPS) is 11.1. The van der Waals surface area contributed by atoms with Gasteiger partial charge in [-0.15, -0.1) is 11.8 Å². The standard InChI is InChI=1S/C19H13Cl2N3S/c20-13-5-4-12(15(21)9-13)11-25-14-6-7-16-18(10-14)24-19(23-16)17-3-1-2-8-22-17/h1-10H,11H2,(H,23,24). The molecule has 2 aromatic carbocycles. The van der Waals surface area contributed by atoms with Gasteiger partial charge < -0.3 is 4.98 Å². The zero-order valence-corrected chi connectivity index (χ0v) is 15.4. The molecule has 2 heterocycles. The molecule has 0 amide bonds.